The highest BCUT2D eigenvalue weighted by Gasteiger charge is 2.01. The highest BCUT2D eigenvalue weighted by molar-refractivity contribution is 5.21. The van der Waals surface area contributed by atoms with Crippen LogP contribution >= 0.6 is 0 Å². The van der Waals surface area contributed by atoms with Gasteiger partial charge < -0.3 is 5.32 Å². The van der Waals surface area contributed by atoms with Crippen molar-refractivity contribution >= 4 is 0 Å². The lowest BCUT2D eigenvalue weighted by molar-refractivity contribution is 0.600. The molecule has 1 rings (SSSR count). The summed E-state index contributed by atoms with van der Waals surface area (Å²) in [6.07, 6.45) is 5.85. The Bertz CT molecular complexity index is 313. The monoisotopic (exact) mass is 217 g/mol. The highest BCUT2D eigenvalue weighted by atomic mass is 14.9. The summed E-state index contributed by atoms with van der Waals surface area (Å²) in [7, 11) is 2.03. The zero-order valence-electron chi connectivity index (χ0n) is 10.7. The van der Waals surface area contributed by atoms with Crippen molar-refractivity contribution in [1.82, 2.24) is 5.32 Å². The van der Waals surface area contributed by atoms with Crippen molar-refractivity contribution < 1.29 is 0 Å². The van der Waals surface area contributed by atoms with Gasteiger partial charge in [-0.3, -0.25) is 0 Å². The normalized spacial score (nSPS) is 13.8. The Morgan fingerprint density at radius 3 is 2.56 bits per heavy atom. The second-order valence-electron chi connectivity index (χ2n) is 4.36. The summed E-state index contributed by atoms with van der Waals surface area (Å²) < 4.78 is 0. The molecule has 0 radical (unpaired) electrons. The van der Waals surface area contributed by atoms with Crippen LogP contribution in [0, 0.1) is 0 Å². The molecule has 1 atom stereocenters. The molecule has 0 aliphatic rings. The Morgan fingerprint density at radius 2 is 2.00 bits per heavy atom. The topological polar surface area (TPSA) is 12.0 Å². The minimum atomic E-state index is 0.522. The maximum absolute atomic E-state index is 3.34. The molecule has 0 saturated heterocycles. The van der Waals surface area contributed by atoms with Crippen molar-refractivity contribution in [3.05, 3.63) is 47.5 Å². The molecule has 0 spiro atoms. The molecule has 1 nitrogen and oxygen atoms in total. The number of hydrogen-bond donors (Lipinski definition) is 1. The Hall–Kier alpha value is -1.08. The summed E-state index contributed by atoms with van der Waals surface area (Å²) in [6, 6.07) is 11.2. The lowest BCUT2D eigenvalue weighted by Crippen LogP contribution is -2.22. The van der Waals surface area contributed by atoms with Crippen LogP contribution in [0.3, 0.4) is 0 Å². The Morgan fingerprint density at radius 1 is 1.31 bits per heavy atom. The molecule has 88 valence electrons. The first-order valence-corrected chi connectivity index (χ1v) is 6.14. The first-order chi connectivity index (χ1) is 7.76. The fourth-order valence-electron chi connectivity index (χ4n) is 1.94. The Kier molecular flexibility index (Phi) is 5.87. The van der Waals surface area contributed by atoms with E-state index in [1.54, 1.807) is 0 Å². The molecule has 0 aromatic heterocycles. The third-order valence-electron chi connectivity index (χ3n) is 2.78. The smallest absolute Gasteiger partial charge is 0.0249 e. The van der Waals surface area contributed by atoms with Gasteiger partial charge in [-0.25, -0.2) is 0 Å². The zero-order chi connectivity index (χ0) is 11.8. The van der Waals surface area contributed by atoms with Gasteiger partial charge in [0.15, 0.2) is 0 Å². The molecule has 0 aliphatic heterocycles. The largest absolute Gasteiger partial charge is 0.314 e. The van der Waals surface area contributed by atoms with Crippen LogP contribution < -0.4 is 5.32 Å². The quantitative estimate of drug-likeness (QED) is 0.718. The molecular formula is C15H23N. The van der Waals surface area contributed by atoms with Crippen LogP contribution in [0.25, 0.3) is 0 Å². The van der Waals surface area contributed by atoms with Crippen molar-refractivity contribution in [2.24, 2.45) is 0 Å². The number of benzene rings is 1. The number of nitrogens with one attached hydrogen (secondary N) is 1. The molecule has 1 unspecified atom stereocenters. The second kappa shape index (κ2) is 7.24. The van der Waals surface area contributed by atoms with Crippen LogP contribution in [-0.2, 0) is 6.42 Å². The summed E-state index contributed by atoms with van der Waals surface area (Å²) in [6.45, 7) is 4.44. The zero-order valence-corrected chi connectivity index (χ0v) is 10.7. The third-order valence-corrected chi connectivity index (χ3v) is 2.78. The molecule has 1 aromatic carbocycles. The number of hydrogen-bond acceptors (Lipinski definition) is 1. The van der Waals surface area contributed by atoms with Gasteiger partial charge in [0, 0.05) is 6.04 Å². The molecule has 1 N–H and O–H groups in total. The van der Waals surface area contributed by atoms with E-state index in [2.05, 4.69) is 55.6 Å². The van der Waals surface area contributed by atoms with Gasteiger partial charge in [0.2, 0.25) is 0 Å². The van der Waals surface area contributed by atoms with Gasteiger partial charge in [-0.1, -0.05) is 55.3 Å². The SMILES string of the molecule is CCCC(/C=C(\C)Cc1ccccc1)NC. The lowest BCUT2D eigenvalue weighted by atomic mass is 10.0. The predicted molar refractivity (Wildman–Crippen MR) is 71.7 cm³/mol. The summed E-state index contributed by atoms with van der Waals surface area (Å²) >= 11 is 0. The first-order valence-electron chi connectivity index (χ1n) is 6.14. The second-order valence-corrected chi connectivity index (χ2v) is 4.36. The first kappa shape index (κ1) is 13.0. The van der Waals surface area contributed by atoms with E-state index >= 15 is 0 Å². The maximum atomic E-state index is 3.34. The van der Waals surface area contributed by atoms with Crippen LogP contribution in [0.4, 0.5) is 0 Å². The van der Waals surface area contributed by atoms with Crippen LogP contribution in [0.1, 0.15) is 32.3 Å². The molecule has 16 heavy (non-hydrogen) atoms. The molecule has 0 fully saturated rings. The van der Waals surface area contributed by atoms with E-state index in [0.29, 0.717) is 6.04 Å². The van der Waals surface area contributed by atoms with E-state index in [9.17, 15) is 0 Å². The van der Waals surface area contributed by atoms with E-state index in [1.165, 1.54) is 24.0 Å². The van der Waals surface area contributed by atoms with Crippen molar-refractivity contribution in [2.75, 3.05) is 7.05 Å². The molecular weight excluding hydrogens is 194 g/mol. The molecule has 0 amide bonds. The van der Waals surface area contributed by atoms with Crippen LogP contribution in [0.15, 0.2) is 42.0 Å². The van der Waals surface area contributed by atoms with E-state index in [-0.39, 0.29) is 0 Å². The summed E-state index contributed by atoms with van der Waals surface area (Å²) in [5, 5.41) is 3.34. The van der Waals surface area contributed by atoms with E-state index in [0.717, 1.165) is 6.42 Å². The summed E-state index contributed by atoms with van der Waals surface area (Å²) in [5.41, 5.74) is 2.83. The summed E-state index contributed by atoms with van der Waals surface area (Å²) in [5.74, 6) is 0. The fourth-order valence-corrected chi connectivity index (χ4v) is 1.94. The van der Waals surface area contributed by atoms with Crippen molar-refractivity contribution in [2.45, 2.75) is 39.2 Å². The minimum Gasteiger partial charge on any atom is -0.314 e. The average Bonchev–Trinajstić information content (AvgIpc) is 2.29. The van der Waals surface area contributed by atoms with E-state index in [4.69, 9.17) is 0 Å². The van der Waals surface area contributed by atoms with Crippen molar-refractivity contribution in [3.8, 4) is 0 Å². The third kappa shape index (κ3) is 4.63. The van der Waals surface area contributed by atoms with Gasteiger partial charge >= 0.3 is 0 Å². The number of likely N-dealkylation sites (N-methyl/N-ethyl adjacent to an activating group) is 1. The minimum absolute atomic E-state index is 0.522. The number of rotatable bonds is 6. The van der Waals surface area contributed by atoms with Gasteiger partial charge in [-0.15, -0.1) is 0 Å². The van der Waals surface area contributed by atoms with Gasteiger partial charge in [0.05, 0.1) is 0 Å². The van der Waals surface area contributed by atoms with E-state index in [1.807, 2.05) is 7.05 Å². The van der Waals surface area contributed by atoms with Gasteiger partial charge in [-0.05, 0) is 32.4 Å². The van der Waals surface area contributed by atoms with Crippen LogP contribution in [0.5, 0.6) is 0 Å². The molecule has 0 aliphatic carbocycles. The van der Waals surface area contributed by atoms with Gasteiger partial charge in [-0.2, -0.15) is 0 Å². The Balaban J connectivity index is 2.56. The number of allylic oxidation sites excluding steroid dienone is 1. The molecule has 1 heteroatoms. The van der Waals surface area contributed by atoms with Crippen LogP contribution in [0.2, 0.25) is 0 Å². The summed E-state index contributed by atoms with van der Waals surface area (Å²) in [4.78, 5) is 0. The molecule has 0 bridgehead atoms. The molecule has 0 saturated carbocycles. The predicted octanol–water partition coefficient (Wildman–Crippen LogP) is 3.56. The molecule has 1 aromatic rings. The molecule has 0 heterocycles. The van der Waals surface area contributed by atoms with Gasteiger partial charge in [0.1, 0.15) is 0 Å². The van der Waals surface area contributed by atoms with Crippen molar-refractivity contribution in [1.29, 1.82) is 0 Å². The highest BCUT2D eigenvalue weighted by Crippen LogP contribution is 2.09. The lowest BCUT2D eigenvalue weighted by Gasteiger charge is -2.12. The van der Waals surface area contributed by atoms with Crippen molar-refractivity contribution in [3.63, 3.8) is 0 Å². The van der Waals surface area contributed by atoms with Crippen LogP contribution in [-0.4, -0.2) is 13.1 Å². The Labute approximate surface area is 99.6 Å². The standard InChI is InChI=1S/C15H23N/c1-4-8-15(16-3)12-13(2)11-14-9-6-5-7-10-14/h5-7,9-10,12,15-16H,4,8,11H2,1-3H3/b13-12+. The van der Waals surface area contributed by atoms with E-state index < -0.39 is 0 Å². The maximum Gasteiger partial charge on any atom is 0.0249 e. The van der Waals surface area contributed by atoms with Gasteiger partial charge in [0.25, 0.3) is 0 Å². The average molecular weight is 217 g/mol. The fraction of sp³-hybridized carbons (Fsp3) is 0.467.